The van der Waals surface area contributed by atoms with Gasteiger partial charge < -0.3 is 0 Å². The quantitative estimate of drug-likeness (QED) is 0.627. The Kier molecular flexibility index (Phi) is 3.98. The lowest BCUT2D eigenvalue weighted by atomic mass is 10.1. The van der Waals surface area contributed by atoms with E-state index in [0.29, 0.717) is 5.92 Å². The van der Waals surface area contributed by atoms with E-state index in [1.165, 1.54) is 0 Å². The van der Waals surface area contributed by atoms with Gasteiger partial charge in [0, 0.05) is 16.1 Å². The predicted molar refractivity (Wildman–Crippen MR) is 43.4 cm³/mol. The first-order valence-electron chi connectivity index (χ1n) is 3.03. The third-order valence-corrected chi connectivity index (χ3v) is 1.69. The molecule has 0 aromatic carbocycles. The van der Waals surface area contributed by atoms with Crippen molar-refractivity contribution in [2.45, 2.75) is 20.3 Å². The zero-order chi connectivity index (χ0) is 8.20. The smallest absolute Gasteiger partial charge is 0.208 e. The molecular weight excluding hydrogens is 172 g/mol. The van der Waals surface area contributed by atoms with Crippen molar-refractivity contribution in [1.29, 1.82) is 0 Å². The van der Waals surface area contributed by atoms with Gasteiger partial charge >= 0.3 is 0 Å². The van der Waals surface area contributed by atoms with Crippen LogP contribution < -0.4 is 0 Å². The Bertz CT molecular complexity index is 204. The maximum Gasteiger partial charge on any atom is 0.254 e. The van der Waals surface area contributed by atoms with Crippen LogP contribution in [0.25, 0.3) is 0 Å². The summed E-state index contributed by atoms with van der Waals surface area (Å²) in [6.45, 7) is 4.01. The molecule has 2 nitrogen and oxygen atoms in total. The van der Waals surface area contributed by atoms with Gasteiger partial charge in [0.05, 0.1) is 0 Å². The molecule has 0 rings (SSSR count). The van der Waals surface area contributed by atoms with Gasteiger partial charge in [-0.3, -0.25) is 0 Å². The summed E-state index contributed by atoms with van der Waals surface area (Å²) in [6, 6.07) is 0. The van der Waals surface area contributed by atoms with Crippen LogP contribution in [-0.4, -0.2) is 8.42 Å². The largest absolute Gasteiger partial charge is 0.254 e. The Balaban J connectivity index is 3.80. The van der Waals surface area contributed by atoms with E-state index in [0.717, 1.165) is 11.8 Å². The highest BCUT2D eigenvalue weighted by molar-refractivity contribution is 8.16. The highest BCUT2D eigenvalue weighted by atomic mass is 35.7. The van der Waals surface area contributed by atoms with Crippen LogP contribution in [0, 0.1) is 5.92 Å². The van der Waals surface area contributed by atoms with Crippen molar-refractivity contribution < 1.29 is 8.42 Å². The predicted octanol–water partition coefficient (Wildman–Crippen LogP) is 2.11. The molecule has 0 aromatic rings. The molecule has 0 aliphatic rings. The molecule has 0 aromatic heterocycles. The summed E-state index contributed by atoms with van der Waals surface area (Å²) in [4.78, 5) is 0. The van der Waals surface area contributed by atoms with Gasteiger partial charge in [-0.2, -0.15) is 0 Å². The Hall–Kier alpha value is -0.0200. The normalized spacial score (nSPS) is 13.2. The molecule has 0 saturated heterocycles. The van der Waals surface area contributed by atoms with Crippen LogP contribution in [0.2, 0.25) is 0 Å². The van der Waals surface area contributed by atoms with Crippen LogP contribution in [0.5, 0.6) is 0 Å². The third kappa shape index (κ3) is 7.98. The van der Waals surface area contributed by atoms with Gasteiger partial charge in [-0.25, -0.2) is 8.42 Å². The first-order valence-corrected chi connectivity index (χ1v) is 5.40. The lowest BCUT2D eigenvalue weighted by Gasteiger charge is -1.94. The van der Waals surface area contributed by atoms with E-state index in [-0.39, 0.29) is 0 Å². The fourth-order valence-electron chi connectivity index (χ4n) is 0.443. The maximum atomic E-state index is 10.3. The number of allylic oxidation sites excluding steroid dienone is 1. The van der Waals surface area contributed by atoms with E-state index in [4.69, 9.17) is 10.7 Å². The fraction of sp³-hybridized carbons (Fsp3) is 0.667. The van der Waals surface area contributed by atoms with E-state index in [9.17, 15) is 8.42 Å². The number of hydrogen-bond acceptors (Lipinski definition) is 2. The molecule has 0 aliphatic heterocycles. The molecule has 0 saturated carbocycles. The van der Waals surface area contributed by atoms with Crippen molar-refractivity contribution in [3.63, 3.8) is 0 Å². The lowest BCUT2D eigenvalue weighted by molar-refractivity contribution is 0.616. The molecule has 0 amide bonds. The molecule has 0 heterocycles. The highest BCUT2D eigenvalue weighted by Crippen LogP contribution is 2.03. The minimum absolute atomic E-state index is 0.467. The zero-order valence-electron chi connectivity index (χ0n) is 6.04. The maximum absolute atomic E-state index is 10.3. The SMILES string of the molecule is CC(C)C/C=C\S(=O)(=O)Cl. The van der Waals surface area contributed by atoms with Crippen molar-refractivity contribution >= 4 is 19.7 Å². The highest BCUT2D eigenvalue weighted by Gasteiger charge is 1.95. The first-order chi connectivity index (χ1) is 4.42. The second kappa shape index (κ2) is 3.98. The van der Waals surface area contributed by atoms with Crippen LogP contribution >= 0.6 is 10.7 Å². The molecule has 0 fully saturated rings. The molecule has 4 heteroatoms. The topological polar surface area (TPSA) is 34.1 Å². The Morgan fingerprint density at radius 3 is 2.30 bits per heavy atom. The summed E-state index contributed by atoms with van der Waals surface area (Å²) < 4.78 is 20.6. The van der Waals surface area contributed by atoms with Crippen molar-refractivity contribution in [2.75, 3.05) is 0 Å². The average molecular weight is 183 g/mol. The average Bonchev–Trinajstić information content (AvgIpc) is 1.59. The van der Waals surface area contributed by atoms with Gasteiger partial charge in [0.15, 0.2) is 0 Å². The first kappa shape index (κ1) is 9.98. The number of halogens is 1. The second-order valence-corrected chi connectivity index (χ2v) is 4.99. The summed E-state index contributed by atoms with van der Waals surface area (Å²) in [5.41, 5.74) is 0. The Morgan fingerprint density at radius 2 is 2.00 bits per heavy atom. The molecular formula is C6H11ClO2S. The van der Waals surface area contributed by atoms with Gasteiger partial charge in [0.1, 0.15) is 0 Å². The number of rotatable bonds is 3. The van der Waals surface area contributed by atoms with Crippen molar-refractivity contribution in [1.82, 2.24) is 0 Å². The molecule has 0 aliphatic carbocycles. The van der Waals surface area contributed by atoms with E-state index in [2.05, 4.69) is 0 Å². The Morgan fingerprint density at radius 1 is 1.50 bits per heavy atom. The number of hydrogen-bond donors (Lipinski definition) is 0. The zero-order valence-corrected chi connectivity index (χ0v) is 7.61. The minimum Gasteiger partial charge on any atom is -0.208 e. The van der Waals surface area contributed by atoms with Crippen molar-refractivity contribution in [2.24, 2.45) is 5.92 Å². The van der Waals surface area contributed by atoms with Gasteiger partial charge in [-0.15, -0.1) is 0 Å². The van der Waals surface area contributed by atoms with Crippen molar-refractivity contribution in [3.8, 4) is 0 Å². The molecule has 10 heavy (non-hydrogen) atoms. The third-order valence-electron chi connectivity index (χ3n) is 0.866. The van der Waals surface area contributed by atoms with Crippen LogP contribution in [-0.2, 0) is 9.05 Å². The monoisotopic (exact) mass is 182 g/mol. The summed E-state index contributed by atoms with van der Waals surface area (Å²) in [5, 5.41) is 1.02. The molecule has 60 valence electrons. The summed E-state index contributed by atoms with van der Waals surface area (Å²) in [7, 11) is 1.47. The Labute approximate surface area is 66.3 Å². The molecule has 0 bridgehead atoms. The van der Waals surface area contributed by atoms with Gasteiger partial charge in [0.2, 0.25) is 0 Å². The van der Waals surface area contributed by atoms with Gasteiger partial charge in [0.25, 0.3) is 9.05 Å². The molecule has 0 spiro atoms. The molecule has 0 radical (unpaired) electrons. The van der Waals surface area contributed by atoms with Crippen LogP contribution in [0.4, 0.5) is 0 Å². The summed E-state index contributed by atoms with van der Waals surface area (Å²) in [6.07, 6.45) is 2.30. The molecule has 0 N–H and O–H groups in total. The summed E-state index contributed by atoms with van der Waals surface area (Å²) >= 11 is 0. The van der Waals surface area contributed by atoms with Gasteiger partial charge in [-0.1, -0.05) is 19.9 Å². The van der Waals surface area contributed by atoms with Crippen molar-refractivity contribution in [3.05, 3.63) is 11.5 Å². The fourth-order valence-corrected chi connectivity index (χ4v) is 1.00. The van der Waals surface area contributed by atoms with Crippen LogP contribution in [0.3, 0.4) is 0 Å². The lowest BCUT2D eigenvalue weighted by Crippen LogP contribution is -1.84. The van der Waals surface area contributed by atoms with E-state index < -0.39 is 9.05 Å². The molecule has 0 atom stereocenters. The van der Waals surface area contributed by atoms with E-state index >= 15 is 0 Å². The van der Waals surface area contributed by atoms with E-state index in [1.54, 1.807) is 6.08 Å². The summed E-state index contributed by atoms with van der Waals surface area (Å²) in [5.74, 6) is 0.467. The standard InChI is InChI=1S/C6H11ClO2S/c1-6(2)4-3-5-10(7,8)9/h3,5-6H,4H2,1-2H3/b5-3-. The van der Waals surface area contributed by atoms with Gasteiger partial charge in [-0.05, 0) is 12.3 Å². The minimum atomic E-state index is -3.43. The van der Waals surface area contributed by atoms with E-state index in [1.807, 2.05) is 13.8 Å². The second-order valence-electron chi connectivity index (χ2n) is 2.48. The van der Waals surface area contributed by atoms with Crippen LogP contribution in [0.15, 0.2) is 11.5 Å². The van der Waals surface area contributed by atoms with Crippen LogP contribution in [0.1, 0.15) is 20.3 Å². The molecule has 0 unspecified atom stereocenters.